The molecule has 0 radical (unpaired) electrons. The second kappa shape index (κ2) is 7.91. The molecule has 9 heteroatoms. The summed E-state index contributed by atoms with van der Waals surface area (Å²) in [5.41, 5.74) is 2.79. The summed E-state index contributed by atoms with van der Waals surface area (Å²) in [6.07, 6.45) is 7.97. The zero-order chi connectivity index (χ0) is 20.5. The number of halogens is 1. The molecule has 0 saturated carbocycles. The standard InChI is InChI=1S/C21H22FN7O/c1-30-8-7-23-13-9-18(22)28-19(10-13)29-14-3-4-17(29)15-12-26-21(27-16(15)11-14)20-24-5-2-6-25-20/h2,5-6,9-10,12,14,17H,3-4,7-8,11H2,1H3,(H,23,28)/t14-,17+/m0/s1. The first-order valence-corrected chi connectivity index (χ1v) is 10.0. The van der Waals surface area contributed by atoms with Crippen LogP contribution in [-0.4, -0.2) is 51.2 Å². The molecule has 1 saturated heterocycles. The fraction of sp³-hybridized carbons (Fsp3) is 0.381. The van der Waals surface area contributed by atoms with Crippen LogP contribution in [0.1, 0.15) is 30.1 Å². The van der Waals surface area contributed by atoms with Crippen LogP contribution in [0.25, 0.3) is 11.6 Å². The maximum absolute atomic E-state index is 14.3. The van der Waals surface area contributed by atoms with Crippen molar-refractivity contribution in [3.8, 4) is 11.6 Å². The summed E-state index contributed by atoms with van der Waals surface area (Å²) >= 11 is 0. The quantitative estimate of drug-likeness (QED) is 0.493. The first-order chi connectivity index (χ1) is 14.7. The van der Waals surface area contributed by atoms with Gasteiger partial charge in [-0.25, -0.2) is 24.9 Å². The monoisotopic (exact) mass is 407 g/mol. The second-order valence-electron chi connectivity index (χ2n) is 7.48. The van der Waals surface area contributed by atoms with E-state index < -0.39 is 5.95 Å². The smallest absolute Gasteiger partial charge is 0.216 e. The van der Waals surface area contributed by atoms with Crippen molar-refractivity contribution in [1.82, 2.24) is 24.9 Å². The van der Waals surface area contributed by atoms with E-state index in [1.54, 1.807) is 25.6 Å². The molecular weight excluding hydrogens is 385 g/mol. The summed E-state index contributed by atoms with van der Waals surface area (Å²) in [5, 5.41) is 3.19. The molecule has 30 heavy (non-hydrogen) atoms. The zero-order valence-electron chi connectivity index (χ0n) is 16.6. The van der Waals surface area contributed by atoms with E-state index in [0.29, 0.717) is 36.3 Å². The van der Waals surface area contributed by atoms with E-state index in [1.807, 2.05) is 12.3 Å². The van der Waals surface area contributed by atoms with E-state index in [1.165, 1.54) is 6.07 Å². The lowest BCUT2D eigenvalue weighted by atomic mass is 9.99. The van der Waals surface area contributed by atoms with Gasteiger partial charge in [-0.15, -0.1) is 0 Å². The largest absolute Gasteiger partial charge is 0.383 e. The van der Waals surface area contributed by atoms with E-state index in [-0.39, 0.29) is 12.1 Å². The Bertz CT molecular complexity index is 1050. The van der Waals surface area contributed by atoms with Gasteiger partial charge in [0.1, 0.15) is 5.82 Å². The highest BCUT2D eigenvalue weighted by Crippen LogP contribution is 2.45. The van der Waals surface area contributed by atoms with Crippen LogP contribution in [0.2, 0.25) is 0 Å². The van der Waals surface area contributed by atoms with Gasteiger partial charge < -0.3 is 15.0 Å². The van der Waals surface area contributed by atoms with Gasteiger partial charge in [0.05, 0.1) is 18.3 Å². The SMILES string of the molecule is COCCNc1cc(F)nc(N2[C@H]3CC[C@@H]2c2cnc(-c4ncccn4)nc2C3)c1. The van der Waals surface area contributed by atoms with Crippen molar-refractivity contribution in [2.75, 3.05) is 30.5 Å². The Balaban J connectivity index is 1.45. The molecule has 0 spiro atoms. The summed E-state index contributed by atoms with van der Waals surface area (Å²) in [6, 6.07) is 5.40. The van der Waals surface area contributed by atoms with E-state index in [0.717, 1.165) is 30.5 Å². The maximum atomic E-state index is 14.3. The Hall–Kier alpha value is -3.20. The molecule has 2 aliphatic heterocycles. The van der Waals surface area contributed by atoms with Gasteiger partial charge in [-0.1, -0.05) is 0 Å². The van der Waals surface area contributed by atoms with Crippen molar-refractivity contribution in [2.24, 2.45) is 0 Å². The van der Waals surface area contributed by atoms with Crippen LogP contribution in [0, 0.1) is 5.95 Å². The van der Waals surface area contributed by atoms with Gasteiger partial charge in [-0.05, 0) is 18.9 Å². The van der Waals surface area contributed by atoms with E-state index in [9.17, 15) is 4.39 Å². The molecule has 2 bridgehead atoms. The molecule has 3 aromatic heterocycles. The molecule has 5 rings (SSSR count). The number of nitrogens with one attached hydrogen (secondary N) is 1. The molecule has 0 amide bonds. The molecule has 5 heterocycles. The minimum Gasteiger partial charge on any atom is -0.383 e. The lowest BCUT2D eigenvalue weighted by Crippen LogP contribution is -2.39. The first-order valence-electron chi connectivity index (χ1n) is 10.0. The average Bonchev–Trinajstić information content (AvgIpc) is 3.08. The highest BCUT2D eigenvalue weighted by Gasteiger charge is 2.42. The van der Waals surface area contributed by atoms with Crippen LogP contribution >= 0.6 is 0 Å². The predicted octanol–water partition coefficient (Wildman–Crippen LogP) is 2.79. The molecule has 0 unspecified atom stereocenters. The van der Waals surface area contributed by atoms with Gasteiger partial charge in [0.2, 0.25) is 5.95 Å². The van der Waals surface area contributed by atoms with E-state index >= 15 is 0 Å². The summed E-state index contributed by atoms with van der Waals surface area (Å²) in [6.45, 7) is 1.15. The Morgan fingerprint density at radius 2 is 2.00 bits per heavy atom. The van der Waals surface area contributed by atoms with Gasteiger partial charge in [0.25, 0.3) is 0 Å². The lowest BCUT2D eigenvalue weighted by molar-refractivity contribution is 0.211. The number of anilines is 2. The van der Waals surface area contributed by atoms with E-state index in [4.69, 9.17) is 9.72 Å². The zero-order valence-corrected chi connectivity index (χ0v) is 16.6. The third-order valence-electron chi connectivity index (χ3n) is 5.64. The Labute approximate surface area is 173 Å². The third-order valence-corrected chi connectivity index (χ3v) is 5.64. The van der Waals surface area contributed by atoms with Crippen LogP contribution in [-0.2, 0) is 11.2 Å². The average molecular weight is 407 g/mol. The number of methoxy groups -OCH3 is 1. The fourth-order valence-electron chi connectivity index (χ4n) is 4.36. The number of ether oxygens (including phenoxy) is 1. The van der Waals surface area contributed by atoms with Crippen LogP contribution in [0.15, 0.2) is 36.8 Å². The number of hydrogen-bond acceptors (Lipinski definition) is 8. The fourth-order valence-corrected chi connectivity index (χ4v) is 4.36. The van der Waals surface area contributed by atoms with Crippen molar-refractivity contribution < 1.29 is 9.13 Å². The normalized spacial score (nSPS) is 19.6. The number of nitrogens with zero attached hydrogens (tertiary/aromatic N) is 6. The summed E-state index contributed by atoms with van der Waals surface area (Å²) in [4.78, 5) is 24.2. The molecule has 1 N–H and O–H groups in total. The summed E-state index contributed by atoms with van der Waals surface area (Å²) in [7, 11) is 1.64. The topological polar surface area (TPSA) is 89.0 Å². The summed E-state index contributed by atoms with van der Waals surface area (Å²) < 4.78 is 19.3. The lowest BCUT2D eigenvalue weighted by Gasteiger charge is -2.36. The predicted molar refractivity (Wildman–Crippen MR) is 110 cm³/mol. The molecule has 1 fully saturated rings. The van der Waals surface area contributed by atoms with E-state index in [2.05, 4.69) is 30.2 Å². The van der Waals surface area contributed by atoms with Crippen LogP contribution in [0.4, 0.5) is 15.9 Å². The molecule has 2 atom stereocenters. The summed E-state index contributed by atoms with van der Waals surface area (Å²) in [5.74, 6) is 1.21. The minimum atomic E-state index is -0.495. The molecular formula is C21H22FN7O. The molecule has 0 aromatic carbocycles. The minimum absolute atomic E-state index is 0.0885. The molecule has 8 nitrogen and oxygen atoms in total. The maximum Gasteiger partial charge on any atom is 0.216 e. The second-order valence-corrected chi connectivity index (χ2v) is 7.48. The van der Waals surface area contributed by atoms with Gasteiger partial charge in [0.15, 0.2) is 11.6 Å². The third kappa shape index (κ3) is 3.45. The Morgan fingerprint density at radius 1 is 1.13 bits per heavy atom. The number of hydrogen-bond donors (Lipinski definition) is 1. The number of fused-ring (bicyclic) bond motifs is 4. The first kappa shape index (κ1) is 18.8. The van der Waals surface area contributed by atoms with Crippen LogP contribution in [0.3, 0.4) is 0 Å². The van der Waals surface area contributed by atoms with Gasteiger partial charge >= 0.3 is 0 Å². The highest BCUT2D eigenvalue weighted by atomic mass is 19.1. The highest BCUT2D eigenvalue weighted by molar-refractivity contribution is 5.58. The van der Waals surface area contributed by atoms with Crippen molar-refractivity contribution in [1.29, 1.82) is 0 Å². The van der Waals surface area contributed by atoms with Gasteiger partial charge in [0, 0.05) is 68.1 Å². The van der Waals surface area contributed by atoms with Crippen LogP contribution in [0.5, 0.6) is 0 Å². The number of aromatic nitrogens is 5. The number of pyridine rings is 1. The van der Waals surface area contributed by atoms with Gasteiger partial charge in [-0.2, -0.15) is 4.39 Å². The van der Waals surface area contributed by atoms with Crippen LogP contribution < -0.4 is 10.2 Å². The molecule has 2 aliphatic rings. The molecule has 3 aromatic rings. The van der Waals surface area contributed by atoms with Crippen molar-refractivity contribution >= 4 is 11.5 Å². The Kier molecular flexibility index (Phi) is 4.96. The van der Waals surface area contributed by atoms with Gasteiger partial charge in [-0.3, -0.25) is 0 Å². The van der Waals surface area contributed by atoms with Crippen molar-refractivity contribution in [3.63, 3.8) is 0 Å². The molecule has 0 aliphatic carbocycles. The Morgan fingerprint density at radius 3 is 2.83 bits per heavy atom. The number of rotatable bonds is 6. The molecule has 154 valence electrons. The van der Waals surface area contributed by atoms with Crippen molar-refractivity contribution in [2.45, 2.75) is 31.3 Å². The van der Waals surface area contributed by atoms with Crippen molar-refractivity contribution in [3.05, 3.63) is 54.0 Å².